The Morgan fingerprint density at radius 3 is 2.68 bits per heavy atom. The molecule has 1 unspecified atom stereocenters. The molecule has 4 rings (SSSR count). The van der Waals surface area contributed by atoms with Crippen molar-refractivity contribution in [3.63, 3.8) is 0 Å². The summed E-state index contributed by atoms with van der Waals surface area (Å²) in [5, 5.41) is 0.790. The highest BCUT2D eigenvalue weighted by atomic mass is 16.7. The quantitative estimate of drug-likeness (QED) is 0.740. The molecule has 0 aliphatic carbocycles. The number of furan rings is 1. The van der Waals surface area contributed by atoms with Gasteiger partial charge in [-0.3, -0.25) is 4.79 Å². The fraction of sp³-hybridized carbons (Fsp3) is 0.167. The molecule has 4 nitrogen and oxygen atoms in total. The van der Waals surface area contributed by atoms with Crippen molar-refractivity contribution < 1.29 is 18.7 Å². The van der Waals surface area contributed by atoms with Gasteiger partial charge in [-0.2, -0.15) is 0 Å². The molecule has 110 valence electrons. The number of Topliss-reactive ketones (excluding diaryl/α,β-unsaturated/α-hetero) is 1. The first-order valence-corrected chi connectivity index (χ1v) is 7.07. The summed E-state index contributed by atoms with van der Waals surface area (Å²) in [6.07, 6.45) is 1.94. The van der Waals surface area contributed by atoms with Crippen molar-refractivity contribution in [3.05, 3.63) is 65.9 Å². The first-order valence-electron chi connectivity index (χ1n) is 7.07. The van der Waals surface area contributed by atoms with E-state index in [4.69, 9.17) is 13.9 Å². The summed E-state index contributed by atoms with van der Waals surface area (Å²) in [5.41, 5.74) is 2.21. The van der Waals surface area contributed by atoms with Gasteiger partial charge < -0.3 is 13.9 Å². The van der Waals surface area contributed by atoms with E-state index in [0.29, 0.717) is 23.3 Å². The molecule has 4 heteroatoms. The summed E-state index contributed by atoms with van der Waals surface area (Å²) in [6, 6.07) is 15.0. The number of methoxy groups -OCH3 is 1. The predicted molar refractivity (Wildman–Crippen MR) is 81.1 cm³/mol. The monoisotopic (exact) mass is 294 g/mol. The third-order valence-corrected chi connectivity index (χ3v) is 4.05. The van der Waals surface area contributed by atoms with Crippen LogP contribution in [0, 0.1) is 0 Å². The van der Waals surface area contributed by atoms with Gasteiger partial charge in [-0.1, -0.05) is 30.3 Å². The maximum Gasteiger partial charge on any atom is 0.279 e. The molecule has 1 aliphatic heterocycles. The molecular formula is C18H14O4. The largest absolute Gasteiger partial charge is 0.464 e. The van der Waals surface area contributed by atoms with Crippen molar-refractivity contribution in [1.29, 1.82) is 0 Å². The van der Waals surface area contributed by atoms with E-state index in [-0.39, 0.29) is 5.78 Å². The zero-order chi connectivity index (χ0) is 15.2. The van der Waals surface area contributed by atoms with Gasteiger partial charge in [0.15, 0.2) is 0 Å². The van der Waals surface area contributed by atoms with Crippen LogP contribution in [0.3, 0.4) is 0 Å². The first kappa shape index (κ1) is 13.1. The Morgan fingerprint density at radius 1 is 1.09 bits per heavy atom. The molecule has 0 saturated carbocycles. The van der Waals surface area contributed by atoms with Gasteiger partial charge in [0, 0.05) is 13.5 Å². The number of benzene rings is 2. The molecule has 2 aromatic carbocycles. The second-order valence-electron chi connectivity index (χ2n) is 5.33. The van der Waals surface area contributed by atoms with Crippen LogP contribution < -0.4 is 4.74 Å². The van der Waals surface area contributed by atoms with Crippen LogP contribution in [-0.4, -0.2) is 18.7 Å². The minimum atomic E-state index is -1.31. The Bertz CT molecular complexity index is 850. The molecule has 1 aliphatic rings. The summed E-state index contributed by atoms with van der Waals surface area (Å²) in [7, 11) is 1.50. The number of rotatable bonds is 3. The van der Waals surface area contributed by atoms with Gasteiger partial charge in [0.25, 0.3) is 5.79 Å². The van der Waals surface area contributed by atoms with Gasteiger partial charge in [0.2, 0.25) is 5.78 Å². The molecule has 0 spiro atoms. The lowest BCUT2D eigenvalue weighted by molar-refractivity contribution is -0.116. The van der Waals surface area contributed by atoms with Crippen LogP contribution in [0.1, 0.15) is 15.9 Å². The second-order valence-corrected chi connectivity index (χ2v) is 5.33. The van der Waals surface area contributed by atoms with Crippen LogP contribution in [0.5, 0.6) is 5.75 Å². The average Bonchev–Trinajstić information content (AvgIpc) is 3.13. The van der Waals surface area contributed by atoms with Crippen LogP contribution in [0.15, 0.2) is 59.2 Å². The van der Waals surface area contributed by atoms with Crippen molar-refractivity contribution >= 4 is 16.8 Å². The van der Waals surface area contributed by atoms with Gasteiger partial charge in [0.1, 0.15) is 11.3 Å². The van der Waals surface area contributed by atoms with Crippen molar-refractivity contribution in [3.8, 4) is 5.75 Å². The zero-order valence-corrected chi connectivity index (χ0v) is 12.0. The van der Waals surface area contributed by atoms with Gasteiger partial charge >= 0.3 is 0 Å². The smallest absolute Gasteiger partial charge is 0.279 e. The highest BCUT2D eigenvalue weighted by Gasteiger charge is 2.49. The van der Waals surface area contributed by atoms with Crippen LogP contribution in [0.2, 0.25) is 0 Å². The Labute approximate surface area is 127 Å². The standard InChI is InChI=1S/C18H14O4/c1-20-18(11-12-5-3-2-4-6-12)17(19)14-7-8-15-13(9-10-21-15)16(14)22-18/h2-10H,11H2,1H3. The molecule has 2 heterocycles. The fourth-order valence-corrected chi connectivity index (χ4v) is 2.91. The van der Waals surface area contributed by atoms with Gasteiger partial charge in [-0.05, 0) is 23.8 Å². The predicted octanol–water partition coefficient (Wildman–Crippen LogP) is 3.59. The summed E-state index contributed by atoms with van der Waals surface area (Å²) in [5.74, 6) is -0.930. The molecule has 3 aromatic rings. The topological polar surface area (TPSA) is 48.7 Å². The number of ketones is 1. The highest BCUT2D eigenvalue weighted by molar-refractivity contribution is 6.11. The molecule has 1 aromatic heterocycles. The lowest BCUT2D eigenvalue weighted by Gasteiger charge is -2.25. The van der Waals surface area contributed by atoms with E-state index >= 15 is 0 Å². The number of hydrogen-bond acceptors (Lipinski definition) is 4. The lowest BCUT2D eigenvalue weighted by atomic mass is 9.98. The second kappa shape index (κ2) is 4.71. The van der Waals surface area contributed by atoms with Crippen LogP contribution in [0.25, 0.3) is 11.0 Å². The Morgan fingerprint density at radius 2 is 1.91 bits per heavy atom. The van der Waals surface area contributed by atoms with Crippen LogP contribution >= 0.6 is 0 Å². The normalized spacial score (nSPS) is 20.1. The maximum atomic E-state index is 12.8. The molecule has 1 atom stereocenters. The van der Waals surface area contributed by atoms with E-state index in [9.17, 15) is 4.79 Å². The summed E-state index contributed by atoms with van der Waals surface area (Å²) >= 11 is 0. The third-order valence-electron chi connectivity index (χ3n) is 4.05. The number of ether oxygens (including phenoxy) is 2. The van der Waals surface area contributed by atoms with E-state index < -0.39 is 5.79 Å². The maximum absolute atomic E-state index is 12.8. The van der Waals surface area contributed by atoms with Crippen molar-refractivity contribution in [1.82, 2.24) is 0 Å². The van der Waals surface area contributed by atoms with E-state index in [1.54, 1.807) is 24.5 Å². The minimum Gasteiger partial charge on any atom is -0.464 e. The molecule has 0 amide bonds. The third kappa shape index (κ3) is 1.77. The van der Waals surface area contributed by atoms with Crippen molar-refractivity contribution in [2.45, 2.75) is 12.2 Å². The molecular weight excluding hydrogens is 280 g/mol. The zero-order valence-electron chi connectivity index (χ0n) is 12.0. The van der Waals surface area contributed by atoms with E-state index in [2.05, 4.69) is 0 Å². The summed E-state index contributed by atoms with van der Waals surface area (Å²) in [6.45, 7) is 0. The number of hydrogen-bond donors (Lipinski definition) is 0. The van der Waals surface area contributed by atoms with E-state index in [0.717, 1.165) is 10.9 Å². The molecule has 0 bridgehead atoms. The molecule has 0 N–H and O–H groups in total. The minimum absolute atomic E-state index is 0.156. The first-order chi connectivity index (χ1) is 10.7. The molecule has 0 radical (unpaired) electrons. The Kier molecular flexibility index (Phi) is 2.81. The Hall–Kier alpha value is -2.59. The van der Waals surface area contributed by atoms with Crippen LogP contribution in [0.4, 0.5) is 0 Å². The van der Waals surface area contributed by atoms with Crippen molar-refractivity contribution in [2.24, 2.45) is 0 Å². The van der Waals surface area contributed by atoms with Gasteiger partial charge in [-0.15, -0.1) is 0 Å². The number of carbonyl (C=O) groups is 1. The summed E-state index contributed by atoms with van der Waals surface area (Å²) in [4.78, 5) is 12.8. The lowest BCUT2D eigenvalue weighted by Crippen LogP contribution is -2.44. The SMILES string of the molecule is COC1(Cc2ccccc2)Oc2c(ccc3occc23)C1=O. The van der Waals surface area contributed by atoms with Crippen molar-refractivity contribution in [2.75, 3.05) is 7.11 Å². The molecule has 0 fully saturated rings. The fourth-order valence-electron chi connectivity index (χ4n) is 2.91. The molecule has 22 heavy (non-hydrogen) atoms. The Balaban J connectivity index is 1.80. The van der Waals surface area contributed by atoms with Gasteiger partial charge in [-0.25, -0.2) is 0 Å². The summed E-state index contributed by atoms with van der Waals surface area (Å²) < 4.78 is 16.9. The van der Waals surface area contributed by atoms with E-state index in [1.165, 1.54) is 7.11 Å². The number of carbonyl (C=O) groups excluding carboxylic acids is 1. The molecule has 0 saturated heterocycles. The van der Waals surface area contributed by atoms with E-state index in [1.807, 2.05) is 30.3 Å². The average molecular weight is 294 g/mol. The highest BCUT2D eigenvalue weighted by Crippen LogP contribution is 2.42. The van der Waals surface area contributed by atoms with Gasteiger partial charge in [0.05, 0.1) is 17.2 Å². The van der Waals surface area contributed by atoms with Crippen LogP contribution in [-0.2, 0) is 11.2 Å². The number of fused-ring (bicyclic) bond motifs is 3.